The van der Waals surface area contributed by atoms with E-state index in [9.17, 15) is 9.59 Å². The van der Waals surface area contributed by atoms with Gasteiger partial charge >= 0.3 is 0 Å². The monoisotopic (exact) mass is 434 g/mol. The number of aromatic nitrogens is 2. The molecule has 1 aromatic heterocycles. The number of nitrogens with zero attached hydrogens (tertiary/aromatic N) is 3. The lowest BCUT2D eigenvalue weighted by molar-refractivity contribution is 0.0925. The van der Waals surface area contributed by atoms with Crippen molar-refractivity contribution in [2.45, 2.75) is 39.3 Å². The normalized spacial score (nSPS) is 14.7. The first-order valence-electron chi connectivity index (χ1n) is 11.2. The van der Waals surface area contributed by atoms with E-state index in [2.05, 4.69) is 27.4 Å². The molecule has 2 aromatic carbocycles. The molecule has 1 fully saturated rings. The van der Waals surface area contributed by atoms with Crippen molar-refractivity contribution in [2.24, 2.45) is 5.92 Å². The molecule has 1 aliphatic rings. The third kappa shape index (κ3) is 4.61. The van der Waals surface area contributed by atoms with Crippen LogP contribution >= 0.6 is 0 Å². The van der Waals surface area contributed by atoms with Crippen LogP contribution in [-0.2, 0) is 6.54 Å². The van der Waals surface area contributed by atoms with Crippen molar-refractivity contribution in [2.75, 3.05) is 25.1 Å². The molecule has 4 rings (SSSR count). The van der Waals surface area contributed by atoms with E-state index in [1.807, 2.05) is 38.1 Å². The van der Waals surface area contributed by atoms with Crippen LogP contribution < -0.4 is 20.5 Å². The van der Waals surface area contributed by atoms with E-state index >= 15 is 0 Å². The topological polar surface area (TPSA) is 76.5 Å². The summed E-state index contributed by atoms with van der Waals surface area (Å²) in [6.45, 7) is 6.25. The van der Waals surface area contributed by atoms with Gasteiger partial charge in [0.25, 0.3) is 11.5 Å². The number of carbonyl (C=O) groups is 1. The van der Waals surface area contributed by atoms with Gasteiger partial charge in [0.2, 0.25) is 0 Å². The van der Waals surface area contributed by atoms with Crippen molar-refractivity contribution in [3.05, 3.63) is 64.6 Å². The minimum atomic E-state index is -0.221. The zero-order chi connectivity index (χ0) is 22.7. The lowest BCUT2D eigenvalue weighted by atomic mass is 10.0. The number of rotatable bonds is 6. The summed E-state index contributed by atoms with van der Waals surface area (Å²) in [4.78, 5) is 28.3. The van der Waals surface area contributed by atoms with Crippen LogP contribution in [-0.4, -0.2) is 41.9 Å². The molecule has 0 radical (unpaired) electrons. The summed E-state index contributed by atoms with van der Waals surface area (Å²) in [5.74, 6) is 0.871. The summed E-state index contributed by atoms with van der Waals surface area (Å²) in [6, 6.07) is 15.3. The largest absolute Gasteiger partial charge is 0.497 e. The van der Waals surface area contributed by atoms with Gasteiger partial charge in [-0.25, -0.2) is 4.68 Å². The third-order valence-corrected chi connectivity index (χ3v) is 5.89. The highest BCUT2D eigenvalue weighted by Crippen LogP contribution is 2.23. The molecule has 1 amide bonds. The van der Waals surface area contributed by atoms with Gasteiger partial charge in [0.15, 0.2) is 5.69 Å². The average Bonchev–Trinajstić information content (AvgIpc) is 2.81. The second-order valence-corrected chi connectivity index (χ2v) is 8.71. The fraction of sp³-hybridized carbons (Fsp3) is 0.400. The summed E-state index contributed by atoms with van der Waals surface area (Å²) in [6.07, 6.45) is 1.70. The van der Waals surface area contributed by atoms with E-state index in [0.717, 1.165) is 37.4 Å². The molecule has 2 heterocycles. The first kappa shape index (κ1) is 21.9. The van der Waals surface area contributed by atoms with Crippen molar-refractivity contribution < 1.29 is 9.53 Å². The minimum Gasteiger partial charge on any atom is -0.497 e. The fourth-order valence-electron chi connectivity index (χ4n) is 4.20. The van der Waals surface area contributed by atoms with Crippen LogP contribution in [0.1, 0.15) is 37.2 Å². The smallest absolute Gasteiger partial charge is 0.274 e. The van der Waals surface area contributed by atoms with Gasteiger partial charge in [0.05, 0.1) is 12.5 Å². The molecule has 0 aliphatic carbocycles. The van der Waals surface area contributed by atoms with Crippen LogP contribution in [0.5, 0.6) is 5.75 Å². The molecule has 0 spiro atoms. The summed E-state index contributed by atoms with van der Waals surface area (Å²) in [7, 11) is 1.66. The van der Waals surface area contributed by atoms with Crippen LogP contribution in [0.3, 0.4) is 0 Å². The Balaban J connectivity index is 1.48. The van der Waals surface area contributed by atoms with Crippen LogP contribution in [0.2, 0.25) is 0 Å². The van der Waals surface area contributed by atoms with E-state index in [1.54, 1.807) is 19.2 Å². The number of amides is 1. The third-order valence-electron chi connectivity index (χ3n) is 5.89. The minimum absolute atomic E-state index is 0.0723. The number of ether oxygens (including phenoxy) is 1. The van der Waals surface area contributed by atoms with E-state index in [4.69, 9.17) is 4.74 Å². The molecule has 32 heavy (non-hydrogen) atoms. The maximum Gasteiger partial charge on any atom is 0.274 e. The molecule has 1 N–H and O–H groups in total. The van der Waals surface area contributed by atoms with Crippen molar-refractivity contribution in [1.82, 2.24) is 15.1 Å². The highest BCUT2D eigenvalue weighted by molar-refractivity contribution is 6.04. The Morgan fingerprint density at radius 1 is 1.09 bits per heavy atom. The molecular formula is C25H30N4O3. The van der Waals surface area contributed by atoms with Crippen molar-refractivity contribution in [1.29, 1.82) is 0 Å². The number of hydrogen-bond acceptors (Lipinski definition) is 5. The number of nitrogens with one attached hydrogen (secondary N) is 1. The highest BCUT2D eigenvalue weighted by atomic mass is 16.5. The van der Waals surface area contributed by atoms with Crippen molar-refractivity contribution >= 4 is 22.4 Å². The predicted molar refractivity (Wildman–Crippen MR) is 127 cm³/mol. The summed E-state index contributed by atoms with van der Waals surface area (Å²) < 4.78 is 6.66. The number of benzene rings is 2. The molecule has 3 aromatic rings. The molecule has 1 aliphatic heterocycles. The fourth-order valence-corrected chi connectivity index (χ4v) is 4.20. The number of piperidine rings is 1. The van der Waals surface area contributed by atoms with Gasteiger partial charge < -0.3 is 15.0 Å². The van der Waals surface area contributed by atoms with Crippen LogP contribution in [0, 0.1) is 5.92 Å². The Morgan fingerprint density at radius 3 is 2.38 bits per heavy atom. The average molecular weight is 435 g/mol. The number of carbonyl (C=O) groups excluding carboxylic acids is 1. The molecule has 0 bridgehead atoms. The summed E-state index contributed by atoms with van der Waals surface area (Å²) in [5, 5.41) is 8.74. The van der Waals surface area contributed by atoms with Gasteiger partial charge in [-0.3, -0.25) is 9.59 Å². The summed E-state index contributed by atoms with van der Waals surface area (Å²) in [5.41, 5.74) is 1.32. The van der Waals surface area contributed by atoms with Gasteiger partial charge in [-0.2, -0.15) is 5.10 Å². The van der Waals surface area contributed by atoms with Crippen LogP contribution in [0.25, 0.3) is 10.8 Å². The molecule has 168 valence electrons. The Bertz CT molecular complexity index is 1150. The number of hydrogen-bond donors (Lipinski definition) is 1. The Kier molecular flexibility index (Phi) is 6.44. The van der Waals surface area contributed by atoms with E-state index < -0.39 is 0 Å². The van der Waals surface area contributed by atoms with Gasteiger partial charge in [-0.1, -0.05) is 32.0 Å². The Hall–Kier alpha value is -3.35. The maximum atomic E-state index is 13.2. The molecule has 0 atom stereocenters. The highest BCUT2D eigenvalue weighted by Gasteiger charge is 2.24. The zero-order valence-electron chi connectivity index (χ0n) is 18.9. The predicted octanol–water partition coefficient (Wildman–Crippen LogP) is 3.46. The zero-order valence-corrected chi connectivity index (χ0v) is 18.9. The van der Waals surface area contributed by atoms with E-state index in [0.29, 0.717) is 23.0 Å². The lowest BCUT2D eigenvalue weighted by Gasteiger charge is -2.34. The van der Waals surface area contributed by atoms with E-state index in [-0.39, 0.29) is 23.4 Å². The first-order chi connectivity index (χ1) is 15.5. The lowest BCUT2D eigenvalue weighted by Crippen LogP contribution is -2.45. The van der Waals surface area contributed by atoms with Gasteiger partial charge in [-0.15, -0.1) is 0 Å². The first-order valence-corrected chi connectivity index (χ1v) is 11.2. The molecule has 0 saturated carbocycles. The van der Waals surface area contributed by atoms with Gasteiger partial charge in [0.1, 0.15) is 5.75 Å². The number of methoxy groups -OCH3 is 1. The van der Waals surface area contributed by atoms with E-state index in [1.165, 1.54) is 4.68 Å². The molecule has 7 heteroatoms. The second kappa shape index (κ2) is 9.42. The number of fused-ring (bicyclic) bond motifs is 1. The Morgan fingerprint density at radius 2 is 1.75 bits per heavy atom. The number of anilines is 1. The van der Waals surface area contributed by atoms with Gasteiger partial charge in [0, 0.05) is 36.7 Å². The molecular weight excluding hydrogens is 404 g/mol. The van der Waals surface area contributed by atoms with Crippen molar-refractivity contribution in [3.63, 3.8) is 0 Å². The molecule has 0 unspecified atom stereocenters. The van der Waals surface area contributed by atoms with Crippen LogP contribution in [0.15, 0.2) is 53.3 Å². The molecule has 1 saturated heterocycles. The quantitative estimate of drug-likeness (QED) is 0.643. The maximum absolute atomic E-state index is 13.2. The SMILES string of the molecule is COc1ccc(N2CCC(NC(=O)c3nn(CC(C)C)c(=O)c4ccccc34)CC2)cc1. The standard InChI is InChI=1S/C25H30N4O3/c1-17(2)16-29-25(31)22-7-5-4-6-21(22)23(27-29)24(30)26-18-12-14-28(15-13-18)19-8-10-20(32-3)11-9-19/h4-11,17-18H,12-16H2,1-3H3,(H,26,30). The molecule has 7 nitrogen and oxygen atoms in total. The van der Waals surface area contributed by atoms with Crippen LogP contribution in [0.4, 0.5) is 5.69 Å². The Labute approximate surface area is 188 Å². The van der Waals surface area contributed by atoms with Gasteiger partial charge in [-0.05, 0) is 49.1 Å². The summed E-state index contributed by atoms with van der Waals surface area (Å²) >= 11 is 0. The second-order valence-electron chi connectivity index (χ2n) is 8.71. The van der Waals surface area contributed by atoms with Crippen molar-refractivity contribution in [3.8, 4) is 5.75 Å².